The Morgan fingerprint density at radius 3 is 2.76 bits per heavy atom. The van der Waals surface area contributed by atoms with Gasteiger partial charge in [-0.1, -0.05) is 25.2 Å². The molecule has 8 nitrogen and oxygen atoms in total. The number of amides is 1. The van der Waals surface area contributed by atoms with Gasteiger partial charge >= 0.3 is 0 Å². The van der Waals surface area contributed by atoms with Crippen molar-refractivity contribution in [2.45, 2.75) is 50.8 Å². The Kier molecular flexibility index (Phi) is 8.50. The van der Waals surface area contributed by atoms with E-state index in [1.54, 1.807) is 0 Å². The van der Waals surface area contributed by atoms with E-state index in [4.69, 9.17) is 15.6 Å². The van der Waals surface area contributed by atoms with Crippen LogP contribution >= 0.6 is 0 Å². The van der Waals surface area contributed by atoms with Crippen molar-refractivity contribution >= 4 is 5.91 Å². The molecule has 1 atom stereocenters. The molecule has 8 heteroatoms. The molecule has 29 heavy (non-hydrogen) atoms. The molecule has 1 saturated carbocycles. The number of hydrogen-bond acceptors (Lipinski definition) is 7. The SMILES string of the molecule is C#CCOCC(O)CN1CCN(Cc2nc(C(=O)NC3CCCCC3)co2)CC1. The molecule has 1 aromatic heterocycles. The number of nitrogens with zero attached hydrogens (tertiary/aromatic N) is 3. The highest BCUT2D eigenvalue weighted by molar-refractivity contribution is 5.92. The molecule has 2 fully saturated rings. The van der Waals surface area contributed by atoms with Crippen LogP contribution in [0.25, 0.3) is 0 Å². The minimum Gasteiger partial charge on any atom is -0.447 e. The summed E-state index contributed by atoms with van der Waals surface area (Å²) in [5, 5.41) is 13.1. The molecule has 3 rings (SSSR count). The largest absolute Gasteiger partial charge is 0.447 e. The smallest absolute Gasteiger partial charge is 0.273 e. The number of carbonyl (C=O) groups is 1. The van der Waals surface area contributed by atoms with Crippen LogP contribution in [0.5, 0.6) is 0 Å². The number of aromatic nitrogens is 1. The lowest BCUT2D eigenvalue weighted by Crippen LogP contribution is -2.48. The van der Waals surface area contributed by atoms with Crippen LogP contribution in [0.4, 0.5) is 0 Å². The summed E-state index contributed by atoms with van der Waals surface area (Å²) in [5.74, 6) is 2.81. The predicted octanol–water partition coefficient (Wildman–Crippen LogP) is 0.865. The van der Waals surface area contributed by atoms with E-state index in [1.807, 2.05) is 0 Å². The van der Waals surface area contributed by atoms with Gasteiger partial charge in [-0.15, -0.1) is 6.42 Å². The van der Waals surface area contributed by atoms with Crippen molar-refractivity contribution in [1.29, 1.82) is 0 Å². The Morgan fingerprint density at radius 2 is 2.03 bits per heavy atom. The monoisotopic (exact) mass is 404 g/mol. The quantitative estimate of drug-likeness (QED) is 0.466. The number of piperazine rings is 1. The van der Waals surface area contributed by atoms with Crippen LogP contribution in [0, 0.1) is 12.3 Å². The molecule has 0 aromatic carbocycles. The van der Waals surface area contributed by atoms with Gasteiger partial charge in [0.05, 0.1) is 19.3 Å². The van der Waals surface area contributed by atoms with E-state index in [-0.39, 0.29) is 25.2 Å². The van der Waals surface area contributed by atoms with Gasteiger partial charge in [0, 0.05) is 38.8 Å². The van der Waals surface area contributed by atoms with Crippen molar-refractivity contribution in [1.82, 2.24) is 20.1 Å². The Labute approximate surface area is 172 Å². The zero-order chi connectivity index (χ0) is 20.5. The minimum atomic E-state index is -0.535. The molecule has 2 heterocycles. The summed E-state index contributed by atoms with van der Waals surface area (Å²) in [7, 11) is 0. The maximum Gasteiger partial charge on any atom is 0.273 e. The molecule has 1 saturated heterocycles. The first-order valence-corrected chi connectivity index (χ1v) is 10.5. The molecule has 0 bridgehead atoms. The predicted molar refractivity (Wildman–Crippen MR) is 108 cm³/mol. The number of carbonyl (C=O) groups excluding carboxylic acids is 1. The molecule has 1 aliphatic heterocycles. The first-order chi connectivity index (χ1) is 14.1. The Balaban J connectivity index is 1.37. The minimum absolute atomic E-state index is 0.141. The van der Waals surface area contributed by atoms with Crippen LogP contribution < -0.4 is 5.32 Å². The summed E-state index contributed by atoms with van der Waals surface area (Å²) in [4.78, 5) is 21.2. The van der Waals surface area contributed by atoms with Crippen LogP contribution in [-0.4, -0.2) is 83.9 Å². The van der Waals surface area contributed by atoms with E-state index in [0.29, 0.717) is 24.7 Å². The topological polar surface area (TPSA) is 91.1 Å². The summed E-state index contributed by atoms with van der Waals surface area (Å²) in [6.45, 7) is 5.03. The normalized spacial score (nSPS) is 20.3. The van der Waals surface area contributed by atoms with Gasteiger partial charge in [-0.25, -0.2) is 4.98 Å². The Morgan fingerprint density at radius 1 is 1.31 bits per heavy atom. The van der Waals surface area contributed by atoms with Crippen LogP contribution in [0.3, 0.4) is 0 Å². The van der Waals surface area contributed by atoms with E-state index in [1.165, 1.54) is 25.5 Å². The number of aliphatic hydroxyl groups is 1. The summed E-state index contributed by atoms with van der Waals surface area (Å²) in [5.41, 5.74) is 0.360. The maximum absolute atomic E-state index is 12.4. The van der Waals surface area contributed by atoms with E-state index in [0.717, 1.165) is 39.0 Å². The van der Waals surface area contributed by atoms with Gasteiger partial charge in [0.1, 0.15) is 12.9 Å². The van der Waals surface area contributed by atoms with Crippen molar-refractivity contribution in [2.75, 3.05) is 45.9 Å². The number of oxazole rings is 1. The highest BCUT2D eigenvalue weighted by atomic mass is 16.5. The van der Waals surface area contributed by atoms with Crippen molar-refractivity contribution in [3.8, 4) is 12.3 Å². The summed E-state index contributed by atoms with van der Waals surface area (Å²) >= 11 is 0. The zero-order valence-electron chi connectivity index (χ0n) is 17.0. The fourth-order valence-electron chi connectivity index (χ4n) is 3.92. The molecule has 2 aliphatic rings. The number of β-amino-alcohol motifs (C(OH)–C–C–N with tert-alkyl or cyclic N) is 1. The molecule has 2 N–H and O–H groups in total. The summed E-state index contributed by atoms with van der Waals surface area (Å²) in [6.07, 6.45) is 11.8. The third-order valence-corrected chi connectivity index (χ3v) is 5.51. The zero-order valence-corrected chi connectivity index (χ0v) is 17.0. The second-order valence-electron chi connectivity index (χ2n) is 7.88. The molecule has 0 radical (unpaired) electrons. The van der Waals surface area contributed by atoms with Gasteiger partial charge in [-0.3, -0.25) is 14.6 Å². The van der Waals surface area contributed by atoms with Gasteiger partial charge in [-0.2, -0.15) is 0 Å². The average molecular weight is 405 g/mol. The number of aliphatic hydroxyl groups excluding tert-OH is 1. The van der Waals surface area contributed by atoms with Crippen molar-refractivity contribution in [2.24, 2.45) is 0 Å². The molecule has 0 spiro atoms. The van der Waals surface area contributed by atoms with E-state index in [9.17, 15) is 9.90 Å². The lowest BCUT2D eigenvalue weighted by molar-refractivity contribution is 0.0146. The Hall–Kier alpha value is -1.92. The number of nitrogens with one attached hydrogen (secondary N) is 1. The molecule has 1 aromatic rings. The van der Waals surface area contributed by atoms with E-state index in [2.05, 4.69) is 26.0 Å². The third kappa shape index (κ3) is 7.12. The van der Waals surface area contributed by atoms with Gasteiger partial charge < -0.3 is 19.6 Å². The fraction of sp³-hybridized carbons (Fsp3) is 0.714. The lowest BCUT2D eigenvalue weighted by Gasteiger charge is -2.34. The average Bonchev–Trinajstić information content (AvgIpc) is 3.19. The number of terminal acetylenes is 1. The second kappa shape index (κ2) is 11.3. The molecular formula is C21H32N4O4. The van der Waals surface area contributed by atoms with Crippen molar-refractivity contribution in [3.05, 3.63) is 17.8 Å². The molecule has 160 valence electrons. The second-order valence-corrected chi connectivity index (χ2v) is 7.88. The standard InChI is InChI=1S/C21H32N4O4/c1-2-12-28-15-18(26)13-24-8-10-25(11-9-24)14-20-23-19(16-29-20)21(27)22-17-6-4-3-5-7-17/h1,16-18,26H,3-15H2,(H,22,27). The maximum atomic E-state index is 12.4. The summed E-state index contributed by atoms with van der Waals surface area (Å²) in [6, 6.07) is 0.261. The highest BCUT2D eigenvalue weighted by Crippen LogP contribution is 2.18. The van der Waals surface area contributed by atoms with Gasteiger partial charge in [0.25, 0.3) is 5.91 Å². The van der Waals surface area contributed by atoms with Crippen molar-refractivity contribution in [3.63, 3.8) is 0 Å². The third-order valence-electron chi connectivity index (χ3n) is 5.51. The van der Waals surface area contributed by atoms with Crippen LogP contribution in [-0.2, 0) is 11.3 Å². The number of hydrogen-bond donors (Lipinski definition) is 2. The molecule has 1 unspecified atom stereocenters. The first kappa shape index (κ1) is 21.8. The fourth-order valence-corrected chi connectivity index (χ4v) is 3.92. The first-order valence-electron chi connectivity index (χ1n) is 10.5. The summed E-state index contributed by atoms with van der Waals surface area (Å²) < 4.78 is 10.7. The van der Waals surface area contributed by atoms with E-state index >= 15 is 0 Å². The number of rotatable bonds is 9. The van der Waals surface area contributed by atoms with Crippen LogP contribution in [0.15, 0.2) is 10.7 Å². The van der Waals surface area contributed by atoms with Gasteiger partial charge in [-0.05, 0) is 12.8 Å². The number of ether oxygens (including phenoxy) is 1. The van der Waals surface area contributed by atoms with E-state index < -0.39 is 6.10 Å². The molecule has 1 aliphatic carbocycles. The Bertz CT molecular complexity index is 672. The molecular weight excluding hydrogens is 372 g/mol. The van der Waals surface area contributed by atoms with Crippen molar-refractivity contribution < 1.29 is 19.1 Å². The van der Waals surface area contributed by atoms with Gasteiger partial charge in [0.2, 0.25) is 5.89 Å². The lowest BCUT2D eigenvalue weighted by atomic mass is 9.95. The van der Waals surface area contributed by atoms with Crippen LogP contribution in [0.1, 0.15) is 48.5 Å². The highest BCUT2D eigenvalue weighted by Gasteiger charge is 2.22. The van der Waals surface area contributed by atoms with Crippen LogP contribution in [0.2, 0.25) is 0 Å². The molecule has 1 amide bonds. The van der Waals surface area contributed by atoms with Gasteiger partial charge in [0.15, 0.2) is 5.69 Å².